The molecule has 0 bridgehead atoms. The van der Waals surface area contributed by atoms with Crippen LogP contribution in [0.15, 0.2) is 30.9 Å². The topological polar surface area (TPSA) is 96.9 Å². The van der Waals surface area contributed by atoms with Gasteiger partial charge >= 0.3 is 12.1 Å². The van der Waals surface area contributed by atoms with Gasteiger partial charge in [-0.15, -0.1) is 0 Å². The molecule has 0 saturated heterocycles. The monoisotopic (exact) mass is 280 g/mol. The van der Waals surface area contributed by atoms with E-state index in [-0.39, 0.29) is 13.2 Å². The predicted octanol–water partition coefficient (Wildman–Crippen LogP) is 2.07. The lowest BCUT2D eigenvalue weighted by atomic mass is 10.2. The Morgan fingerprint density at radius 3 is 2.70 bits per heavy atom. The van der Waals surface area contributed by atoms with Gasteiger partial charge in [0, 0.05) is 11.8 Å². The maximum atomic E-state index is 11.5. The van der Waals surface area contributed by atoms with E-state index in [4.69, 9.17) is 9.94 Å². The van der Waals surface area contributed by atoms with Gasteiger partial charge in [0.15, 0.2) is 0 Å². The molecule has 0 heterocycles. The van der Waals surface area contributed by atoms with E-state index in [9.17, 15) is 9.59 Å². The van der Waals surface area contributed by atoms with E-state index in [0.29, 0.717) is 11.4 Å². The Labute approximate surface area is 116 Å². The second kappa shape index (κ2) is 7.80. The van der Waals surface area contributed by atoms with E-state index in [1.807, 2.05) is 5.48 Å². The van der Waals surface area contributed by atoms with Crippen LogP contribution in [0.25, 0.3) is 0 Å². The lowest BCUT2D eigenvalue weighted by Crippen LogP contribution is -2.18. The molecule has 0 aliphatic heterocycles. The van der Waals surface area contributed by atoms with Crippen molar-refractivity contribution in [3.05, 3.63) is 36.4 Å². The van der Waals surface area contributed by atoms with Crippen molar-refractivity contribution >= 4 is 23.4 Å². The third-order valence-corrected chi connectivity index (χ3v) is 2.33. The van der Waals surface area contributed by atoms with Gasteiger partial charge in [-0.25, -0.2) is 9.59 Å². The van der Waals surface area contributed by atoms with Gasteiger partial charge in [-0.2, -0.15) is 0 Å². The number of nitrogens with one attached hydrogen (secondary N) is 2. The summed E-state index contributed by atoms with van der Waals surface area (Å²) in [6, 6.07) is 4.93. The number of rotatable bonds is 6. The third kappa shape index (κ3) is 4.99. The van der Waals surface area contributed by atoms with Crippen molar-refractivity contribution in [3.63, 3.8) is 0 Å². The number of esters is 1. The molecule has 1 rings (SSSR count). The molecule has 0 aliphatic carbocycles. The molecule has 0 spiro atoms. The Kier molecular flexibility index (Phi) is 6.05. The van der Waals surface area contributed by atoms with Crippen molar-refractivity contribution in [1.29, 1.82) is 0 Å². The average molecular weight is 280 g/mol. The van der Waals surface area contributed by atoms with Crippen LogP contribution in [0.2, 0.25) is 0 Å². The zero-order valence-electron chi connectivity index (χ0n) is 11.0. The predicted molar refractivity (Wildman–Crippen MR) is 72.7 cm³/mol. The molecule has 0 aromatic heterocycles. The van der Waals surface area contributed by atoms with Gasteiger partial charge in [0.2, 0.25) is 0 Å². The van der Waals surface area contributed by atoms with Crippen LogP contribution in [-0.2, 0) is 14.3 Å². The summed E-state index contributed by atoms with van der Waals surface area (Å²) in [7, 11) is 0. The van der Waals surface area contributed by atoms with Gasteiger partial charge in [-0.05, 0) is 24.6 Å². The van der Waals surface area contributed by atoms with Crippen LogP contribution in [0.1, 0.15) is 5.56 Å². The number of anilines is 2. The Hall–Kier alpha value is -2.54. The smallest absolute Gasteiger partial charge is 0.411 e. The Morgan fingerprint density at radius 1 is 1.35 bits per heavy atom. The summed E-state index contributed by atoms with van der Waals surface area (Å²) in [4.78, 5) is 22.2. The molecule has 3 N–H and O–H groups in total. The van der Waals surface area contributed by atoms with Crippen LogP contribution in [0, 0.1) is 6.92 Å². The van der Waals surface area contributed by atoms with Gasteiger partial charge in [0.25, 0.3) is 0 Å². The van der Waals surface area contributed by atoms with E-state index in [0.717, 1.165) is 11.6 Å². The summed E-state index contributed by atoms with van der Waals surface area (Å²) in [5, 5.41) is 11.3. The molecular formula is C13H16N2O5. The lowest BCUT2D eigenvalue weighted by molar-refractivity contribution is -0.138. The zero-order valence-corrected chi connectivity index (χ0v) is 11.0. The van der Waals surface area contributed by atoms with E-state index >= 15 is 0 Å². The third-order valence-electron chi connectivity index (χ3n) is 2.33. The number of carbonyl (C=O) groups excluding carboxylic acids is 2. The molecule has 0 aliphatic rings. The van der Waals surface area contributed by atoms with Crippen LogP contribution in [0.4, 0.5) is 16.2 Å². The fourth-order valence-corrected chi connectivity index (χ4v) is 1.31. The minimum absolute atomic E-state index is 0.0461. The molecule has 7 nitrogen and oxygen atoms in total. The summed E-state index contributed by atoms with van der Waals surface area (Å²) < 4.78 is 9.47. The minimum Gasteiger partial charge on any atom is -0.459 e. The zero-order chi connectivity index (χ0) is 15.0. The fraction of sp³-hybridized carbons (Fsp3) is 0.231. The summed E-state index contributed by atoms with van der Waals surface area (Å²) in [5.41, 5.74) is 3.72. The van der Waals surface area contributed by atoms with Crippen molar-refractivity contribution < 1.29 is 24.3 Å². The second-order valence-electron chi connectivity index (χ2n) is 3.77. The number of hydrogen-bond donors (Lipinski definition) is 3. The maximum Gasteiger partial charge on any atom is 0.411 e. The molecule has 108 valence electrons. The second-order valence-corrected chi connectivity index (χ2v) is 3.77. The highest BCUT2D eigenvalue weighted by Gasteiger charge is 2.07. The first-order valence-electron chi connectivity index (χ1n) is 5.80. The number of ether oxygens (including phenoxy) is 2. The molecule has 0 atom stereocenters. The summed E-state index contributed by atoms with van der Waals surface area (Å²) in [6.07, 6.45) is 0.342. The van der Waals surface area contributed by atoms with Crippen LogP contribution in [0.5, 0.6) is 0 Å². The summed E-state index contributed by atoms with van der Waals surface area (Å²) >= 11 is 0. The van der Waals surface area contributed by atoms with Gasteiger partial charge < -0.3 is 9.47 Å². The Balaban J connectivity index is 2.42. The maximum absolute atomic E-state index is 11.5. The van der Waals surface area contributed by atoms with Crippen LogP contribution < -0.4 is 10.8 Å². The molecular weight excluding hydrogens is 264 g/mol. The standard InChI is InChI=1S/C13H16N2O5/c1-3-12(16)19-6-7-20-13(17)14-11-8-10(15-18)5-4-9(11)2/h3-5,8,15,18H,1,6-7H2,2H3,(H,14,17). The summed E-state index contributed by atoms with van der Waals surface area (Å²) in [5.74, 6) is -0.577. The number of carbonyl (C=O) groups is 2. The largest absolute Gasteiger partial charge is 0.459 e. The number of aryl methyl sites for hydroxylation is 1. The molecule has 1 aromatic carbocycles. The van der Waals surface area contributed by atoms with Gasteiger partial charge in [0.05, 0.1) is 5.69 Å². The highest BCUT2D eigenvalue weighted by molar-refractivity contribution is 5.86. The van der Waals surface area contributed by atoms with Crippen molar-refractivity contribution in [2.45, 2.75) is 6.92 Å². The average Bonchev–Trinajstić information content (AvgIpc) is 2.45. The number of benzene rings is 1. The molecule has 0 unspecified atom stereocenters. The minimum atomic E-state index is -0.683. The number of hydrogen-bond acceptors (Lipinski definition) is 6. The van der Waals surface area contributed by atoms with Crippen LogP contribution in [0.3, 0.4) is 0 Å². The highest BCUT2D eigenvalue weighted by Crippen LogP contribution is 2.19. The van der Waals surface area contributed by atoms with Crippen molar-refractivity contribution in [2.24, 2.45) is 0 Å². The molecule has 7 heteroatoms. The number of amides is 1. The van der Waals surface area contributed by atoms with Crippen LogP contribution in [-0.4, -0.2) is 30.5 Å². The Morgan fingerprint density at radius 2 is 2.05 bits per heavy atom. The Bertz CT molecular complexity index is 502. The van der Waals surface area contributed by atoms with E-state index in [1.54, 1.807) is 25.1 Å². The first-order valence-corrected chi connectivity index (χ1v) is 5.80. The first-order chi connectivity index (χ1) is 9.56. The highest BCUT2D eigenvalue weighted by atomic mass is 16.6. The first kappa shape index (κ1) is 15.5. The van der Waals surface area contributed by atoms with E-state index in [1.165, 1.54) is 0 Å². The molecule has 20 heavy (non-hydrogen) atoms. The molecule has 0 radical (unpaired) electrons. The molecule has 0 saturated carbocycles. The van der Waals surface area contributed by atoms with Crippen molar-refractivity contribution in [3.8, 4) is 0 Å². The lowest BCUT2D eigenvalue weighted by Gasteiger charge is -2.10. The SMILES string of the molecule is C=CC(=O)OCCOC(=O)Nc1cc(NO)ccc1C. The quantitative estimate of drug-likeness (QED) is 0.319. The fourth-order valence-electron chi connectivity index (χ4n) is 1.31. The van der Waals surface area contributed by atoms with Gasteiger partial charge in [-0.3, -0.25) is 16.0 Å². The van der Waals surface area contributed by atoms with Gasteiger partial charge in [-0.1, -0.05) is 12.6 Å². The van der Waals surface area contributed by atoms with Gasteiger partial charge in [0.1, 0.15) is 13.2 Å². The molecule has 1 amide bonds. The van der Waals surface area contributed by atoms with E-state index in [2.05, 4.69) is 16.6 Å². The van der Waals surface area contributed by atoms with Crippen molar-refractivity contribution in [1.82, 2.24) is 0 Å². The van der Waals surface area contributed by atoms with E-state index < -0.39 is 12.1 Å². The molecule has 1 aromatic rings. The molecule has 0 fully saturated rings. The normalized spacial score (nSPS) is 9.50. The summed E-state index contributed by atoms with van der Waals surface area (Å²) in [6.45, 7) is 4.92. The van der Waals surface area contributed by atoms with Crippen LogP contribution >= 0.6 is 0 Å². The van der Waals surface area contributed by atoms with Crippen molar-refractivity contribution in [2.75, 3.05) is 24.0 Å².